The number of sulfonamides is 1. The van der Waals surface area contributed by atoms with Gasteiger partial charge in [-0.25, -0.2) is 13.2 Å². The van der Waals surface area contributed by atoms with E-state index in [1.54, 1.807) is 41.8 Å². The highest BCUT2D eigenvalue weighted by Gasteiger charge is 2.22. The summed E-state index contributed by atoms with van der Waals surface area (Å²) in [7, 11) is -2.09. The Kier molecular flexibility index (Phi) is 6.56. The van der Waals surface area contributed by atoms with Crippen LogP contribution in [0.1, 0.15) is 11.1 Å². The molecule has 1 heterocycles. The molecule has 8 heteroatoms. The molecule has 1 aromatic heterocycles. The molecule has 2 aromatic carbocycles. The monoisotopic (exact) mass is 431 g/mol. The predicted molar refractivity (Wildman–Crippen MR) is 113 cm³/mol. The summed E-state index contributed by atoms with van der Waals surface area (Å²) in [5, 5.41) is 1.72. The molecule has 152 valence electrons. The van der Waals surface area contributed by atoms with Gasteiger partial charge < -0.3 is 9.47 Å². The van der Waals surface area contributed by atoms with Crippen molar-refractivity contribution in [3.8, 4) is 5.75 Å². The lowest BCUT2D eigenvalue weighted by Crippen LogP contribution is -2.25. The molecule has 0 spiro atoms. The first-order valence-electron chi connectivity index (χ1n) is 8.83. The molecule has 0 atom stereocenters. The number of carbonyl (C=O) groups excluding carboxylic acids is 1. The molecule has 6 nitrogen and oxygen atoms in total. The van der Waals surface area contributed by atoms with Gasteiger partial charge in [0.15, 0.2) is 6.61 Å². The number of benzene rings is 2. The highest BCUT2D eigenvalue weighted by atomic mass is 32.2. The lowest BCUT2D eigenvalue weighted by Gasteiger charge is -2.18. The van der Waals surface area contributed by atoms with Crippen molar-refractivity contribution in [1.82, 2.24) is 0 Å². The van der Waals surface area contributed by atoms with E-state index in [1.165, 1.54) is 22.7 Å². The van der Waals surface area contributed by atoms with Gasteiger partial charge in [0.2, 0.25) is 0 Å². The van der Waals surface area contributed by atoms with Crippen molar-refractivity contribution >= 4 is 33.0 Å². The van der Waals surface area contributed by atoms with Crippen LogP contribution >= 0.6 is 11.3 Å². The van der Waals surface area contributed by atoms with E-state index in [4.69, 9.17) is 9.47 Å². The fourth-order valence-corrected chi connectivity index (χ4v) is 4.94. The molecule has 0 aliphatic rings. The van der Waals surface area contributed by atoms with Crippen LogP contribution in [0.15, 0.2) is 70.3 Å². The normalized spacial score (nSPS) is 11.1. The fourth-order valence-electron chi connectivity index (χ4n) is 2.59. The van der Waals surface area contributed by atoms with Crippen LogP contribution in [-0.2, 0) is 26.2 Å². The third-order valence-corrected chi connectivity index (χ3v) is 7.31. The highest BCUT2D eigenvalue weighted by molar-refractivity contribution is 7.94. The molecule has 0 aliphatic carbocycles. The lowest BCUT2D eigenvalue weighted by atomic mass is 10.1. The minimum atomic E-state index is -3.59. The average Bonchev–Trinajstić information content (AvgIpc) is 3.26. The van der Waals surface area contributed by atoms with E-state index in [9.17, 15) is 13.2 Å². The first kappa shape index (κ1) is 20.9. The van der Waals surface area contributed by atoms with Crippen molar-refractivity contribution in [2.24, 2.45) is 0 Å². The minimum absolute atomic E-state index is 0.189. The number of ether oxygens (including phenoxy) is 2. The Morgan fingerprint density at radius 2 is 1.83 bits per heavy atom. The quantitative estimate of drug-likeness (QED) is 0.504. The Hall–Kier alpha value is -2.84. The summed E-state index contributed by atoms with van der Waals surface area (Å²) >= 11 is 1.17. The fraction of sp³-hybridized carbons (Fsp3) is 0.190. The number of hydrogen-bond acceptors (Lipinski definition) is 6. The molecule has 0 saturated heterocycles. The van der Waals surface area contributed by atoms with Gasteiger partial charge in [-0.1, -0.05) is 35.9 Å². The third kappa shape index (κ3) is 5.36. The van der Waals surface area contributed by atoms with Crippen molar-refractivity contribution in [2.45, 2.75) is 17.7 Å². The van der Waals surface area contributed by atoms with Gasteiger partial charge in [0.05, 0.1) is 5.69 Å². The Morgan fingerprint density at radius 3 is 2.48 bits per heavy atom. The van der Waals surface area contributed by atoms with Gasteiger partial charge in [0, 0.05) is 7.05 Å². The van der Waals surface area contributed by atoms with E-state index in [2.05, 4.69) is 0 Å². The van der Waals surface area contributed by atoms with Gasteiger partial charge in [-0.3, -0.25) is 4.31 Å². The van der Waals surface area contributed by atoms with E-state index in [-0.39, 0.29) is 17.4 Å². The van der Waals surface area contributed by atoms with Gasteiger partial charge in [0.25, 0.3) is 10.0 Å². The molecular formula is C21H21NO5S2. The molecule has 29 heavy (non-hydrogen) atoms. The van der Waals surface area contributed by atoms with Crippen LogP contribution in [0.2, 0.25) is 0 Å². The molecule has 3 aromatic rings. The molecule has 3 rings (SSSR count). The predicted octanol–water partition coefficient (Wildman–Crippen LogP) is 4.00. The maximum atomic E-state index is 12.5. The summed E-state index contributed by atoms with van der Waals surface area (Å²) < 4.78 is 37.2. The molecule has 0 amide bonds. The van der Waals surface area contributed by atoms with E-state index in [0.29, 0.717) is 11.4 Å². The van der Waals surface area contributed by atoms with Crippen LogP contribution in [0.4, 0.5) is 5.69 Å². The number of nitrogens with zero attached hydrogens (tertiary/aromatic N) is 1. The van der Waals surface area contributed by atoms with Crippen LogP contribution in [0.3, 0.4) is 0 Å². The number of hydrogen-bond donors (Lipinski definition) is 0. The molecule has 0 bridgehead atoms. The number of thiophene rings is 1. The van der Waals surface area contributed by atoms with E-state index in [0.717, 1.165) is 11.1 Å². The second kappa shape index (κ2) is 9.11. The second-order valence-corrected chi connectivity index (χ2v) is 9.48. The van der Waals surface area contributed by atoms with Crippen LogP contribution < -0.4 is 9.04 Å². The molecule has 0 radical (unpaired) electrons. The van der Waals surface area contributed by atoms with Crippen LogP contribution in [-0.4, -0.2) is 28.0 Å². The number of rotatable bonds is 8. The Labute approximate surface area is 174 Å². The number of carbonyl (C=O) groups is 1. The number of esters is 1. The molecule has 0 N–H and O–H groups in total. The SMILES string of the molecule is Cc1cccc(COC(=O)COc2ccc(N(C)S(=O)(=O)c3cccs3)cc2)c1. The average molecular weight is 432 g/mol. The van der Waals surface area contributed by atoms with Crippen molar-refractivity contribution in [1.29, 1.82) is 0 Å². The van der Waals surface area contributed by atoms with Crippen molar-refractivity contribution in [2.75, 3.05) is 18.0 Å². The first-order chi connectivity index (χ1) is 13.9. The molecule has 0 aliphatic heterocycles. The van der Waals surface area contributed by atoms with Crippen molar-refractivity contribution in [3.63, 3.8) is 0 Å². The zero-order valence-electron chi connectivity index (χ0n) is 16.1. The van der Waals surface area contributed by atoms with Crippen LogP contribution in [0.25, 0.3) is 0 Å². The first-order valence-corrected chi connectivity index (χ1v) is 11.1. The summed E-state index contributed by atoms with van der Waals surface area (Å²) in [6.07, 6.45) is 0. The molecule has 0 saturated carbocycles. The Balaban J connectivity index is 1.53. The number of anilines is 1. The Bertz CT molecular complexity index is 1060. The topological polar surface area (TPSA) is 72.9 Å². The molecule has 0 unspecified atom stereocenters. The van der Waals surface area contributed by atoms with E-state index < -0.39 is 16.0 Å². The smallest absolute Gasteiger partial charge is 0.344 e. The maximum absolute atomic E-state index is 12.5. The zero-order chi connectivity index (χ0) is 20.9. The highest BCUT2D eigenvalue weighted by Crippen LogP contribution is 2.26. The standard InChI is InChI=1S/C21H21NO5S2/c1-16-5-3-6-17(13-16)14-27-20(23)15-26-19-10-8-18(9-11-19)22(2)29(24,25)21-7-4-12-28-21/h3-13H,14-15H2,1-2H3. The molecule has 0 fully saturated rings. The van der Waals surface area contributed by atoms with Gasteiger partial charge in [-0.2, -0.15) is 0 Å². The van der Waals surface area contributed by atoms with Crippen molar-refractivity contribution in [3.05, 3.63) is 77.2 Å². The van der Waals surface area contributed by atoms with Gasteiger partial charge >= 0.3 is 5.97 Å². The summed E-state index contributed by atoms with van der Waals surface area (Å²) in [5.74, 6) is -0.0313. The van der Waals surface area contributed by atoms with Gasteiger partial charge in [-0.05, 0) is 48.2 Å². The van der Waals surface area contributed by atoms with Gasteiger partial charge in [-0.15, -0.1) is 11.3 Å². The largest absolute Gasteiger partial charge is 0.482 e. The zero-order valence-corrected chi connectivity index (χ0v) is 17.7. The number of aryl methyl sites for hydroxylation is 1. The second-order valence-electron chi connectivity index (χ2n) is 6.34. The molecular weight excluding hydrogens is 410 g/mol. The summed E-state index contributed by atoms with van der Waals surface area (Å²) in [6, 6.07) is 17.5. The lowest BCUT2D eigenvalue weighted by molar-refractivity contribution is -0.147. The maximum Gasteiger partial charge on any atom is 0.344 e. The summed E-state index contributed by atoms with van der Waals surface area (Å²) in [5.41, 5.74) is 2.51. The van der Waals surface area contributed by atoms with Crippen LogP contribution in [0, 0.1) is 6.92 Å². The van der Waals surface area contributed by atoms with Gasteiger partial charge in [0.1, 0.15) is 16.6 Å². The minimum Gasteiger partial charge on any atom is -0.482 e. The van der Waals surface area contributed by atoms with E-state index >= 15 is 0 Å². The third-order valence-electron chi connectivity index (χ3n) is 4.15. The van der Waals surface area contributed by atoms with Crippen LogP contribution in [0.5, 0.6) is 5.75 Å². The summed E-state index contributed by atoms with van der Waals surface area (Å²) in [4.78, 5) is 11.9. The Morgan fingerprint density at radius 1 is 1.07 bits per heavy atom. The van der Waals surface area contributed by atoms with Crippen molar-refractivity contribution < 1.29 is 22.7 Å². The summed E-state index contributed by atoms with van der Waals surface area (Å²) in [6.45, 7) is 1.93. The van der Waals surface area contributed by atoms with E-state index in [1.807, 2.05) is 31.2 Å².